The maximum atomic E-state index is 11.0. The Hall–Kier alpha value is -1.46. The summed E-state index contributed by atoms with van der Waals surface area (Å²) in [5, 5.41) is 12.9. The van der Waals surface area contributed by atoms with Crippen molar-refractivity contribution in [3.8, 4) is 0 Å². The second-order valence-corrected chi connectivity index (χ2v) is 2.71. The summed E-state index contributed by atoms with van der Waals surface area (Å²) in [4.78, 5) is 11.0. The maximum Gasteiger partial charge on any atom is 0.309 e. The van der Waals surface area contributed by atoms with Gasteiger partial charge in [-0.25, -0.2) is 0 Å². The average Bonchev–Trinajstić information content (AvgIpc) is 2.80. The Kier molecular flexibility index (Phi) is 1.73. The number of rotatable bonds is 3. The van der Waals surface area contributed by atoms with Crippen LogP contribution in [0, 0.1) is 5.92 Å². The van der Waals surface area contributed by atoms with Gasteiger partial charge in [-0.3, -0.25) is 4.79 Å². The van der Waals surface area contributed by atoms with Crippen molar-refractivity contribution < 1.29 is 9.53 Å². The zero-order valence-electron chi connectivity index (χ0n) is 6.36. The van der Waals surface area contributed by atoms with Crippen molar-refractivity contribution in [1.29, 1.82) is 0 Å². The minimum Gasteiger partial charge on any atom is -0.457 e. The van der Waals surface area contributed by atoms with E-state index in [2.05, 4.69) is 20.6 Å². The highest BCUT2D eigenvalue weighted by Crippen LogP contribution is 2.30. The summed E-state index contributed by atoms with van der Waals surface area (Å²) >= 11 is 0. The number of tetrazole rings is 1. The number of nitrogens with one attached hydrogen (secondary N) is 1. The maximum absolute atomic E-state index is 11.0. The summed E-state index contributed by atoms with van der Waals surface area (Å²) in [7, 11) is 0. The van der Waals surface area contributed by atoms with E-state index < -0.39 is 0 Å². The van der Waals surface area contributed by atoms with Gasteiger partial charge in [-0.05, 0) is 12.8 Å². The first-order valence-electron chi connectivity index (χ1n) is 3.75. The molecule has 0 atom stereocenters. The van der Waals surface area contributed by atoms with E-state index in [-0.39, 0.29) is 18.5 Å². The number of H-pyrrole nitrogens is 1. The third-order valence-electron chi connectivity index (χ3n) is 1.64. The van der Waals surface area contributed by atoms with Gasteiger partial charge in [-0.15, -0.1) is 10.2 Å². The molecule has 0 bridgehead atoms. The fourth-order valence-electron chi connectivity index (χ4n) is 0.816. The Labute approximate surface area is 68.3 Å². The van der Waals surface area contributed by atoms with Gasteiger partial charge >= 0.3 is 5.97 Å². The zero-order chi connectivity index (χ0) is 8.39. The lowest BCUT2D eigenvalue weighted by Crippen LogP contribution is -2.07. The lowest BCUT2D eigenvalue weighted by atomic mass is 10.4. The van der Waals surface area contributed by atoms with Crippen molar-refractivity contribution >= 4 is 5.97 Å². The van der Waals surface area contributed by atoms with Gasteiger partial charge in [0, 0.05) is 0 Å². The molecule has 0 radical (unpaired) electrons. The SMILES string of the molecule is O=C(OCc1nn[nH]n1)C1CC1. The van der Waals surface area contributed by atoms with E-state index in [0.29, 0.717) is 5.82 Å². The molecule has 0 saturated heterocycles. The van der Waals surface area contributed by atoms with Crippen LogP contribution in [0.4, 0.5) is 0 Å². The summed E-state index contributed by atoms with van der Waals surface area (Å²) in [6.45, 7) is 0.117. The first kappa shape index (κ1) is 7.20. The van der Waals surface area contributed by atoms with E-state index in [9.17, 15) is 4.79 Å². The number of carbonyl (C=O) groups is 1. The van der Waals surface area contributed by atoms with E-state index in [1.54, 1.807) is 0 Å². The Morgan fingerprint density at radius 1 is 1.67 bits per heavy atom. The third kappa shape index (κ3) is 1.58. The highest BCUT2D eigenvalue weighted by molar-refractivity contribution is 5.74. The number of nitrogens with zero attached hydrogens (tertiary/aromatic N) is 3. The fourth-order valence-corrected chi connectivity index (χ4v) is 0.816. The van der Waals surface area contributed by atoms with Crippen LogP contribution in [0.15, 0.2) is 0 Å². The van der Waals surface area contributed by atoms with Gasteiger partial charge in [-0.1, -0.05) is 5.21 Å². The number of hydrogen-bond acceptors (Lipinski definition) is 5. The second kappa shape index (κ2) is 2.88. The molecule has 1 fully saturated rings. The molecular formula is C6H8N4O2. The molecule has 2 rings (SSSR count). The van der Waals surface area contributed by atoms with Crippen LogP contribution in [0.1, 0.15) is 18.7 Å². The van der Waals surface area contributed by atoms with Gasteiger partial charge in [0.05, 0.1) is 5.92 Å². The van der Waals surface area contributed by atoms with Crippen molar-refractivity contribution in [2.75, 3.05) is 0 Å². The molecule has 0 aliphatic heterocycles. The largest absolute Gasteiger partial charge is 0.457 e. The van der Waals surface area contributed by atoms with Crippen molar-refractivity contribution in [3.05, 3.63) is 5.82 Å². The molecule has 64 valence electrons. The van der Waals surface area contributed by atoms with E-state index in [0.717, 1.165) is 12.8 Å². The molecule has 12 heavy (non-hydrogen) atoms. The standard InChI is InChI=1S/C6H8N4O2/c11-6(4-1-2-4)12-3-5-7-9-10-8-5/h4H,1-3H2,(H,7,8,9,10). The summed E-state index contributed by atoms with van der Waals surface area (Å²) in [5.74, 6) is 0.376. The van der Waals surface area contributed by atoms with Crippen LogP contribution < -0.4 is 0 Å². The summed E-state index contributed by atoms with van der Waals surface area (Å²) in [6, 6.07) is 0. The lowest BCUT2D eigenvalue weighted by molar-refractivity contribution is -0.146. The first-order chi connectivity index (χ1) is 5.86. The van der Waals surface area contributed by atoms with Gasteiger partial charge in [0.15, 0.2) is 6.61 Å². The molecule has 1 saturated carbocycles. The van der Waals surface area contributed by atoms with E-state index >= 15 is 0 Å². The molecule has 1 aromatic rings. The molecular weight excluding hydrogens is 160 g/mol. The van der Waals surface area contributed by atoms with Crippen LogP contribution in [0.3, 0.4) is 0 Å². The summed E-state index contributed by atoms with van der Waals surface area (Å²) < 4.78 is 4.89. The summed E-state index contributed by atoms with van der Waals surface area (Å²) in [5.41, 5.74) is 0. The predicted octanol–water partition coefficient (Wildman–Crippen LogP) is -0.347. The number of hydrogen-bond donors (Lipinski definition) is 1. The highest BCUT2D eigenvalue weighted by Gasteiger charge is 2.31. The molecule has 6 nitrogen and oxygen atoms in total. The average molecular weight is 168 g/mol. The van der Waals surface area contributed by atoms with Crippen LogP contribution in [0.2, 0.25) is 0 Å². The van der Waals surface area contributed by atoms with Crippen molar-refractivity contribution in [1.82, 2.24) is 20.6 Å². The van der Waals surface area contributed by atoms with Crippen molar-refractivity contribution in [3.63, 3.8) is 0 Å². The molecule has 1 heterocycles. The van der Waals surface area contributed by atoms with Crippen molar-refractivity contribution in [2.45, 2.75) is 19.4 Å². The molecule has 1 aliphatic rings. The number of esters is 1. The fraction of sp³-hybridized carbons (Fsp3) is 0.667. The predicted molar refractivity (Wildman–Crippen MR) is 36.7 cm³/mol. The number of ether oxygens (including phenoxy) is 1. The van der Waals surface area contributed by atoms with Crippen LogP contribution in [0.5, 0.6) is 0 Å². The van der Waals surface area contributed by atoms with Crippen molar-refractivity contribution in [2.24, 2.45) is 5.92 Å². The van der Waals surface area contributed by atoms with E-state index in [1.165, 1.54) is 0 Å². The van der Waals surface area contributed by atoms with Gasteiger partial charge in [0.1, 0.15) is 0 Å². The molecule has 1 aliphatic carbocycles. The summed E-state index contributed by atoms with van der Waals surface area (Å²) in [6.07, 6.45) is 1.90. The van der Waals surface area contributed by atoms with Gasteiger partial charge in [-0.2, -0.15) is 5.21 Å². The molecule has 6 heteroatoms. The van der Waals surface area contributed by atoms with E-state index in [1.807, 2.05) is 0 Å². The number of aromatic nitrogens is 4. The smallest absolute Gasteiger partial charge is 0.309 e. The molecule has 0 spiro atoms. The van der Waals surface area contributed by atoms with Gasteiger partial charge < -0.3 is 4.74 Å². The van der Waals surface area contributed by atoms with Crippen LogP contribution in [-0.4, -0.2) is 26.6 Å². The lowest BCUT2D eigenvalue weighted by Gasteiger charge is -1.97. The first-order valence-corrected chi connectivity index (χ1v) is 3.75. The number of aromatic amines is 1. The van der Waals surface area contributed by atoms with Crippen LogP contribution in [-0.2, 0) is 16.1 Å². The quantitative estimate of drug-likeness (QED) is 0.624. The molecule has 0 amide bonds. The van der Waals surface area contributed by atoms with Gasteiger partial charge in [0.25, 0.3) is 0 Å². The monoisotopic (exact) mass is 168 g/mol. The topological polar surface area (TPSA) is 80.8 Å². The van der Waals surface area contributed by atoms with Gasteiger partial charge in [0.2, 0.25) is 5.82 Å². The molecule has 0 aromatic carbocycles. The third-order valence-corrected chi connectivity index (χ3v) is 1.64. The normalized spacial score (nSPS) is 16.0. The zero-order valence-corrected chi connectivity index (χ0v) is 6.36. The number of carbonyl (C=O) groups excluding carboxylic acids is 1. The Morgan fingerprint density at radius 2 is 2.50 bits per heavy atom. The van der Waals surface area contributed by atoms with Crippen LogP contribution >= 0.6 is 0 Å². The molecule has 1 N–H and O–H groups in total. The highest BCUT2D eigenvalue weighted by atomic mass is 16.5. The Balaban J connectivity index is 1.78. The Morgan fingerprint density at radius 3 is 3.08 bits per heavy atom. The van der Waals surface area contributed by atoms with Crippen LogP contribution in [0.25, 0.3) is 0 Å². The minimum absolute atomic E-state index is 0.117. The molecule has 1 aromatic heterocycles. The second-order valence-electron chi connectivity index (χ2n) is 2.71. The molecule has 0 unspecified atom stereocenters. The van der Waals surface area contributed by atoms with E-state index in [4.69, 9.17) is 4.74 Å². The Bertz CT molecular complexity index is 267. The minimum atomic E-state index is -0.153.